The Hall–Kier alpha value is -2.20. The molecule has 1 aliphatic rings. The third-order valence-corrected chi connectivity index (χ3v) is 5.24. The van der Waals surface area contributed by atoms with Gasteiger partial charge in [-0.3, -0.25) is 9.79 Å². The number of para-hydroxylation sites is 1. The molecule has 2 aromatic rings. The lowest BCUT2D eigenvalue weighted by Gasteiger charge is -2.35. The molecule has 9 heteroatoms. The fourth-order valence-corrected chi connectivity index (χ4v) is 3.75. The molecule has 7 nitrogen and oxygen atoms in total. The molecule has 1 fully saturated rings. The first-order valence-corrected chi connectivity index (χ1v) is 10.4. The Balaban J connectivity index is 0.00000341. The van der Waals surface area contributed by atoms with Gasteiger partial charge in [0, 0.05) is 32.7 Å². The molecule has 0 bridgehead atoms. The fourth-order valence-electron chi connectivity index (χ4n) is 3.50. The van der Waals surface area contributed by atoms with Crippen LogP contribution >= 0.6 is 35.6 Å². The Morgan fingerprint density at radius 1 is 1.29 bits per heavy atom. The van der Waals surface area contributed by atoms with Crippen molar-refractivity contribution in [2.45, 2.75) is 25.4 Å². The number of halogens is 2. The summed E-state index contributed by atoms with van der Waals surface area (Å²) in [5.41, 5.74) is 7.21. The molecule has 1 atom stereocenters. The predicted molar refractivity (Wildman–Crippen MR) is 137 cm³/mol. The van der Waals surface area contributed by atoms with Crippen LogP contribution in [0.1, 0.15) is 18.4 Å². The van der Waals surface area contributed by atoms with E-state index in [9.17, 15) is 4.79 Å². The quantitative estimate of drug-likeness (QED) is 0.276. The van der Waals surface area contributed by atoms with Gasteiger partial charge in [-0.2, -0.15) is 0 Å². The average Bonchev–Trinajstić information content (AvgIpc) is 2.76. The van der Waals surface area contributed by atoms with Gasteiger partial charge in [-0.05, 0) is 42.7 Å². The van der Waals surface area contributed by atoms with E-state index in [2.05, 4.69) is 26.6 Å². The summed E-state index contributed by atoms with van der Waals surface area (Å²) in [7, 11) is 1.76. The topological polar surface area (TPSA) is 92.0 Å². The van der Waals surface area contributed by atoms with Gasteiger partial charge in [0.05, 0.1) is 10.7 Å². The lowest BCUT2D eigenvalue weighted by Crippen LogP contribution is -2.51. The number of anilines is 1. The van der Waals surface area contributed by atoms with Gasteiger partial charge in [0.1, 0.15) is 5.75 Å². The maximum absolute atomic E-state index is 10.9. The van der Waals surface area contributed by atoms with Gasteiger partial charge in [0.15, 0.2) is 12.6 Å². The molecule has 1 amide bonds. The Labute approximate surface area is 205 Å². The Bertz CT molecular complexity index is 896. The maximum Gasteiger partial charge on any atom is 0.255 e. The van der Waals surface area contributed by atoms with E-state index >= 15 is 0 Å². The first kappa shape index (κ1) is 25.1. The number of primary amides is 1. The maximum atomic E-state index is 10.9. The van der Waals surface area contributed by atoms with Crippen molar-refractivity contribution in [3.63, 3.8) is 0 Å². The number of nitrogens with two attached hydrogens (primary N) is 1. The van der Waals surface area contributed by atoms with E-state index in [1.165, 1.54) is 0 Å². The lowest BCUT2D eigenvalue weighted by molar-refractivity contribution is -0.119. The minimum Gasteiger partial charge on any atom is -0.484 e. The number of nitrogens with zero attached hydrogens (tertiary/aromatic N) is 2. The fraction of sp³-hybridized carbons (Fsp3) is 0.364. The summed E-state index contributed by atoms with van der Waals surface area (Å²) in [4.78, 5) is 17.6. The van der Waals surface area contributed by atoms with Crippen molar-refractivity contribution in [2.24, 2.45) is 10.7 Å². The summed E-state index contributed by atoms with van der Waals surface area (Å²) in [6, 6.07) is 15.8. The van der Waals surface area contributed by atoms with E-state index < -0.39 is 5.91 Å². The van der Waals surface area contributed by atoms with Crippen LogP contribution in [0.2, 0.25) is 5.02 Å². The highest BCUT2D eigenvalue weighted by atomic mass is 127. The number of nitrogens with one attached hydrogen (secondary N) is 2. The minimum atomic E-state index is -0.499. The largest absolute Gasteiger partial charge is 0.484 e. The summed E-state index contributed by atoms with van der Waals surface area (Å²) >= 11 is 6.37. The second-order valence-corrected chi connectivity index (χ2v) is 7.62. The van der Waals surface area contributed by atoms with E-state index in [0.717, 1.165) is 48.2 Å². The van der Waals surface area contributed by atoms with E-state index in [4.69, 9.17) is 22.1 Å². The third kappa shape index (κ3) is 7.77. The number of aliphatic imine (C=N–C) groups is 1. The Morgan fingerprint density at radius 2 is 2.10 bits per heavy atom. The number of rotatable bonds is 7. The summed E-state index contributed by atoms with van der Waals surface area (Å²) in [5, 5.41) is 7.63. The molecular formula is C22H29ClIN5O2. The molecule has 0 saturated carbocycles. The van der Waals surface area contributed by atoms with Gasteiger partial charge >= 0.3 is 0 Å². The zero-order valence-corrected chi connectivity index (χ0v) is 20.6. The molecule has 1 heterocycles. The van der Waals surface area contributed by atoms with Gasteiger partial charge in [0.2, 0.25) is 0 Å². The highest BCUT2D eigenvalue weighted by Crippen LogP contribution is 2.27. The number of hydrogen-bond donors (Lipinski definition) is 3. The summed E-state index contributed by atoms with van der Waals surface area (Å²) in [5.74, 6) is 0.852. The smallest absolute Gasteiger partial charge is 0.255 e. The molecule has 3 rings (SSSR count). The molecule has 2 aromatic carbocycles. The van der Waals surface area contributed by atoms with Crippen molar-refractivity contribution >= 4 is 53.1 Å². The van der Waals surface area contributed by atoms with Crippen LogP contribution in [0.15, 0.2) is 53.5 Å². The molecule has 0 aromatic heterocycles. The first-order valence-electron chi connectivity index (χ1n) is 10.0. The van der Waals surface area contributed by atoms with Crippen LogP contribution in [0.3, 0.4) is 0 Å². The second kappa shape index (κ2) is 12.6. The zero-order valence-electron chi connectivity index (χ0n) is 17.5. The van der Waals surface area contributed by atoms with Gasteiger partial charge in [-0.25, -0.2) is 0 Å². The highest BCUT2D eigenvalue weighted by molar-refractivity contribution is 14.0. The van der Waals surface area contributed by atoms with E-state index in [1.54, 1.807) is 13.1 Å². The predicted octanol–water partition coefficient (Wildman–Crippen LogP) is 3.16. The third-order valence-electron chi connectivity index (χ3n) is 4.92. The number of piperidine rings is 1. The number of hydrogen-bond acceptors (Lipinski definition) is 4. The summed E-state index contributed by atoms with van der Waals surface area (Å²) < 4.78 is 5.36. The van der Waals surface area contributed by atoms with E-state index in [1.807, 2.05) is 36.4 Å². The van der Waals surface area contributed by atoms with Crippen molar-refractivity contribution in [3.05, 3.63) is 59.1 Å². The molecule has 1 aliphatic heterocycles. The first-order chi connectivity index (χ1) is 14.5. The van der Waals surface area contributed by atoms with Crippen LogP contribution in [0.4, 0.5) is 5.69 Å². The number of ether oxygens (including phenoxy) is 1. The minimum absolute atomic E-state index is 0. The standard InChI is InChI=1S/C22H28ClN5O2.HI/c1-25-22(26-13-16-6-4-8-18(12-16)30-15-21(24)29)27-17-7-5-11-28(14-17)20-10-3-2-9-19(20)23;/h2-4,6,8-10,12,17H,5,7,11,13-15H2,1H3,(H2,24,29)(H2,25,26,27);1H. The molecule has 4 N–H and O–H groups in total. The molecule has 0 aliphatic carbocycles. The van der Waals surface area contributed by atoms with Crippen LogP contribution in [-0.2, 0) is 11.3 Å². The van der Waals surface area contributed by atoms with Crippen LogP contribution in [0.25, 0.3) is 0 Å². The van der Waals surface area contributed by atoms with Crippen molar-refractivity contribution in [2.75, 3.05) is 31.6 Å². The van der Waals surface area contributed by atoms with E-state index in [0.29, 0.717) is 12.3 Å². The number of amides is 1. The molecule has 0 radical (unpaired) electrons. The lowest BCUT2D eigenvalue weighted by atomic mass is 10.0. The molecule has 0 spiro atoms. The van der Waals surface area contributed by atoms with Crippen LogP contribution < -0.4 is 26.0 Å². The summed E-state index contributed by atoms with van der Waals surface area (Å²) in [6.07, 6.45) is 2.15. The van der Waals surface area contributed by atoms with Crippen molar-refractivity contribution in [3.8, 4) is 5.75 Å². The number of carbonyl (C=O) groups excluding carboxylic acids is 1. The number of guanidine groups is 1. The van der Waals surface area contributed by atoms with Crippen LogP contribution in [0.5, 0.6) is 5.75 Å². The monoisotopic (exact) mass is 557 g/mol. The zero-order chi connectivity index (χ0) is 21.3. The molecule has 1 saturated heterocycles. The van der Waals surface area contributed by atoms with Gasteiger partial charge < -0.3 is 26.0 Å². The SMILES string of the molecule is CN=C(NCc1cccc(OCC(N)=O)c1)NC1CCCN(c2ccccc2Cl)C1.I. The van der Waals surface area contributed by atoms with E-state index in [-0.39, 0.29) is 36.6 Å². The molecule has 168 valence electrons. The Morgan fingerprint density at radius 3 is 2.84 bits per heavy atom. The summed E-state index contributed by atoms with van der Waals surface area (Å²) in [6.45, 7) is 2.30. The van der Waals surface area contributed by atoms with Crippen LogP contribution in [-0.4, -0.2) is 44.7 Å². The second-order valence-electron chi connectivity index (χ2n) is 7.21. The normalized spacial score (nSPS) is 16.3. The molecule has 1 unspecified atom stereocenters. The molecule has 31 heavy (non-hydrogen) atoms. The number of benzene rings is 2. The average molecular weight is 558 g/mol. The van der Waals surface area contributed by atoms with Crippen LogP contribution in [0, 0.1) is 0 Å². The Kier molecular flexibility index (Phi) is 10.2. The molecular weight excluding hydrogens is 529 g/mol. The van der Waals surface area contributed by atoms with Gasteiger partial charge in [-0.15, -0.1) is 24.0 Å². The van der Waals surface area contributed by atoms with Crippen molar-refractivity contribution in [1.82, 2.24) is 10.6 Å². The van der Waals surface area contributed by atoms with Gasteiger partial charge in [-0.1, -0.05) is 35.9 Å². The number of carbonyl (C=O) groups is 1. The van der Waals surface area contributed by atoms with Crippen molar-refractivity contribution in [1.29, 1.82) is 0 Å². The van der Waals surface area contributed by atoms with Gasteiger partial charge in [0.25, 0.3) is 5.91 Å². The van der Waals surface area contributed by atoms with Crippen molar-refractivity contribution < 1.29 is 9.53 Å². The highest BCUT2D eigenvalue weighted by Gasteiger charge is 2.22.